The Morgan fingerprint density at radius 3 is 2.38 bits per heavy atom. The minimum atomic E-state index is -0.471. The van der Waals surface area contributed by atoms with E-state index in [4.69, 9.17) is 33.3 Å². The molecule has 3 N–H and O–H groups in total. The Morgan fingerprint density at radius 1 is 1.07 bits per heavy atom. The van der Waals surface area contributed by atoms with Crippen molar-refractivity contribution in [2.45, 2.75) is 20.8 Å². The Morgan fingerprint density at radius 2 is 1.72 bits per heavy atom. The van der Waals surface area contributed by atoms with Gasteiger partial charge in [0.15, 0.2) is 11.7 Å². The molecule has 7 nitrogen and oxygen atoms in total. The van der Waals surface area contributed by atoms with Crippen molar-refractivity contribution in [3.8, 4) is 11.5 Å². The predicted octanol–water partition coefficient (Wildman–Crippen LogP) is 3.07. The molecule has 0 spiro atoms. The molecule has 0 aromatic heterocycles. The maximum absolute atomic E-state index is 12.3. The third kappa shape index (κ3) is 6.62. The number of amides is 2. The standard InChI is InChI=1S/C20H22ClN3O4S/c1-4-27-16-8-6-5-7-15(16)19(26)22-20(29)24-23-17(25)11-28-14-9-12(2)18(21)13(3)10-14/h5-10H,4,11H2,1-3H3,(H,23,25)(H2,22,24,26,29). The molecular formula is C20H22ClN3O4S. The smallest absolute Gasteiger partial charge is 0.276 e. The normalized spacial score (nSPS) is 10.1. The Kier molecular flexibility index (Phi) is 8.23. The summed E-state index contributed by atoms with van der Waals surface area (Å²) in [5.74, 6) is 0.0509. The minimum Gasteiger partial charge on any atom is -0.493 e. The number of ether oxygens (including phenoxy) is 2. The maximum Gasteiger partial charge on any atom is 0.276 e. The summed E-state index contributed by atoms with van der Waals surface area (Å²) in [6, 6.07) is 10.3. The van der Waals surface area contributed by atoms with Gasteiger partial charge in [0.05, 0.1) is 12.2 Å². The van der Waals surface area contributed by atoms with E-state index in [0.717, 1.165) is 11.1 Å². The Balaban J connectivity index is 1.81. The Labute approximate surface area is 179 Å². The van der Waals surface area contributed by atoms with Gasteiger partial charge >= 0.3 is 0 Å². The van der Waals surface area contributed by atoms with Crippen LogP contribution in [-0.4, -0.2) is 30.1 Å². The number of hydrogen-bond acceptors (Lipinski definition) is 5. The van der Waals surface area contributed by atoms with E-state index in [1.807, 2.05) is 20.8 Å². The lowest BCUT2D eigenvalue weighted by atomic mass is 10.1. The summed E-state index contributed by atoms with van der Waals surface area (Å²) >= 11 is 11.1. The summed E-state index contributed by atoms with van der Waals surface area (Å²) in [5, 5.41) is 3.08. The van der Waals surface area contributed by atoms with Crippen LogP contribution in [0.25, 0.3) is 0 Å². The second-order valence-corrected chi connectivity index (χ2v) is 6.83. The first kappa shape index (κ1) is 22.4. The highest BCUT2D eigenvalue weighted by Gasteiger charge is 2.14. The SMILES string of the molecule is CCOc1ccccc1C(=O)NC(=S)NNC(=O)COc1cc(C)c(Cl)c(C)c1. The molecule has 0 saturated carbocycles. The van der Waals surface area contributed by atoms with Gasteiger partial charge in [0.1, 0.15) is 11.5 Å². The van der Waals surface area contributed by atoms with Gasteiger partial charge in [-0.05, 0) is 68.4 Å². The van der Waals surface area contributed by atoms with Crippen molar-refractivity contribution in [3.63, 3.8) is 0 Å². The van der Waals surface area contributed by atoms with Crippen molar-refractivity contribution in [2.75, 3.05) is 13.2 Å². The zero-order valence-corrected chi connectivity index (χ0v) is 17.9. The fourth-order valence-electron chi connectivity index (χ4n) is 2.44. The van der Waals surface area contributed by atoms with E-state index in [-0.39, 0.29) is 11.7 Å². The molecule has 2 aromatic rings. The molecule has 0 fully saturated rings. The van der Waals surface area contributed by atoms with E-state index in [1.54, 1.807) is 36.4 Å². The van der Waals surface area contributed by atoms with Gasteiger partial charge in [-0.2, -0.15) is 0 Å². The summed E-state index contributed by atoms with van der Waals surface area (Å²) in [6.07, 6.45) is 0. The van der Waals surface area contributed by atoms with Crippen molar-refractivity contribution in [2.24, 2.45) is 0 Å². The monoisotopic (exact) mass is 435 g/mol. The summed E-state index contributed by atoms with van der Waals surface area (Å²) < 4.78 is 10.9. The first-order valence-electron chi connectivity index (χ1n) is 8.83. The number of nitrogens with one attached hydrogen (secondary N) is 3. The fourth-order valence-corrected chi connectivity index (χ4v) is 2.69. The van der Waals surface area contributed by atoms with Gasteiger partial charge < -0.3 is 9.47 Å². The average Bonchev–Trinajstić information content (AvgIpc) is 2.69. The minimum absolute atomic E-state index is 0.0622. The first-order valence-corrected chi connectivity index (χ1v) is 9.62. The molecule has 0 radical (unpaired) electrons. The molecule has 0 unspecified atom stereocenters. The second kappa shape index (κ2) is 10.6. The molecule has 29 heavy (non-hydrogen) atoms. The van der Waals surface area contributed by atoms with Gasteiger partial charge in [0, 0.05) is 5.02 Å². The number of carbonyl (C=O) groups is 2. The van der Waals surface area contributed by atoms with E-state index < -0.39 is 11.8 Å². The molecule has 9 heteroatoms. The van der Waals surface area contributed by atoms with Crippen molar-refractivity contribution in [3.05, 3.63) is 58.1 Å². The highest BCUT2D eigenvalue weighted by molar-refractivity contribution is 7.80. The maximum atomic E-state index is 12.3. The van der Waals surface area contributed by atoms with Gasteiger partial charge in [-0.15, -0.1) is 0 Å². The van der Waals surface area contributed by atoms with Crippen LogP contribution in [0.3, 0.4) is 0 Å². The van der Waals surface area contributed by atoms with E-state index in [0.29, 0.717) is 28.7 Å². The van der Waals surface area contributed by atoms with Crippen LogP contribution in [0.15, 0.2) is 36.4 Å². The first-order chi connectivity index (χ1) is 13.8. The largest absolute Gasteiger partial charge is 0.493 e. The third-order valence-corrected chi connectivity index (χ3v) is 4.55. The van der Waals surface area contributed by atoms with Crippen LogP contribution in [0.5, 0.6) is 11.5 Å². The van der Waals surface area contributed by atoms with Crippen molar-refractivity contribution in [1.82, 2.24) is 16.2 Å². The summed E-state index contributed by atoms with van der Waals surface area (Å²) in [4.78, 5) is 24.3. The van der Waals surface area contributed by atoms with Crippen LogP contribution < -0.4 is 25.6 Å². The molecule has 154 valence electrons. The fraction of sp³-hybridized carbons (Fsp3) is 0.250. The van der Waals surface area contributed by atoms with Gasteiger partial charge in [0.2, 0.25) is 0 Å². The lowest BCUT2D eigenvalue weighted by Gasteiger charge is -2.13. The highest BCUT2D eigenvalue weighted by atomic mass is 35.5. The van der Waals surface area contributed by atoms with Crippen LogP contribution in [0, 0.1) is 13.8 Å². The van der Waals surface area contributed by atoms with Crippen molar-refractivity contribution < 1.29 is 19.1 Å². The van der Waals surface area contributed by atoms with Crippen LogP contribution in [0.1, 0.15) is 28.4 Å². The quantitative estimate of drug-likeness (QED) is 0.477. The van der Waals surface area contributed by atoms with E-state index in [9.17, 15) is 9.59 Å². The molecule has 0 saturated heterocycles. The number of para-hydroxylation sites is 1. The van der Waals surface area contributed by atoms with Gasteiger partial charge in [0.25, 0.3) is 11.8 Å². The summed E-state index contributed by atoms with van der Waals surface area (Å²) in [5.41, 5.74) is 6.87. The molecule has 0 atom stereocenters. The Hall–Kier alpha value is -2.84. The van der Waals surface area contributed by atoms with Crippen LogP contribution in [-0.2, 0) is 4.79 Å². The van der Waals surface area contributed by atoms with Crippen molar-refractivity contribution in [1.29, 1.82) is 0 Å². The number of benzene rings is 2. The zero-order chi connectivity index (χ0) is 21.4. The summed E-state index contributed by atoms with van der Waals surface area (Å²) in [7, 11) is 0. The van der Waals surface area contributed by atoms with Crippen LogP contribution in [0.4, 0.5) is 0 Å². The van der Waals surface area contributed by atoms with Gasteiger partial charge in [-0.25, -0.2) is 0 Å². The number of aryl methyl sites for hydroxylation is 2. The van der Waals surface area contributed by atoms with Crippen LogP contribution >= 0.6 is 23.8 Å². The Bertz CT molecular complexity index is 897. The number of rotatable bonds is 6. The average molecular weight is 436 g/mol. The van der Waals surface area contributed by atoms with Crippen LogP contribution in [0.2, 0.25) is 5.02 Å². The number of halogens is 1. The molecule has 0 bridgehead atoms. The third-order valence-electron chi connectivity index (χ3n) is 3.75. The van der Waals surface area contributed by atoms with E-state index in [2.05, 4.69) is 16.2 Å². The number of hydrazine groups is 1. The molecule has 2 amide bonds. The molecule has 0 aliphatic rings. The molecule has 0 heterocycles. The lowest BCUT2D eigenvalue weighted by Crippen LogP contribution is -2.49. The molecule has 2 aromatic carbocycles. The number of hydrogen-bond donors (Lipinski definition) is 3. The molecule has 0 aliphatic carbocycles. The summed E-state index contributed by atoms with van der Waals surface area (Å²) in [6.45, 7) is 5.72. The molecule has 2 rings (SSSR count). The lowest BCUT2D eigenvalue weighted by molar-refractivity contribution is -0.123. The number of thiocarbonyl (C=S) groups is 1. The van der Waals surface area contributed by atoms with Gasteiger partial charge in [-0.1, -0.05) is 23.7 Å². The molecule has 0 aliphatic heterocycles. The van der Waals surface area contributed by atoms with Gasteiger partial charge in [-0.3, -0.25) is 25.8 Å². The highest BCUT2D eigenvalue weighted by Crippen LogP contribution is 2.25. The van der Waals surface area contributed by atoms with Crippen molar-refractivity contribution >= 4 is 40.7 Å². The zero-order valence-electron chi connectivity index (χ0n) is 16.3. The topological polar surface area (TPSA) is 88.7 Å². The molecular weight excluding hydrogens is 414 g/mol. The predicted molar refractivity (Wildman–Crippen MR) is 115 cm³/mol. The number of carbonyl (C=O) groups excluding carboxylic acids is 2. The second-order valence-electron chi connectivity index (χ2n) is 6.05. The van der Waals surface area contributed by atoms with E-state index >= 15 is 0 Å². The van der Waals surface area contributed by atoms with E-state index in [1.165, 1.54) is 0 Å².